The molecule has 1 aliphatic heterocycles. The van der Waals surface area contributed by atoms with Gasteiger partial charge in [0.05, 0.1) is 6.54 Å². The molecule has 4 nitrogen and oxygen atoms in total. The lowest BCUT2D eigenvalue weighted by Crippen LogP contribution is -2.43. The molecule has 1 fully saturated rings. The molecule has 1 heterocycles. The molecule has 0 saturated carbocycles. The second-order valence-corrected chi connectivity index (χ2v) is 8.69. The Kier molecular flexibility index (Phi) is 7.43. The zero-order valence-electron chi connectivity index (χ0n) is 15.6. The number of rotatable bonds is 7. The Bertz CT molecular complexity index is 536. The predicted octanol–water partition coefficient (Wildman–Crippen LogP) is 3.09. The van der Waals surface area contributed by atoms with Crippen molar-refractivity contribution in [1.29, 1.82) is 0 Å². The van der Waals surface area contributed by atoms with Crippen LogP contribution in [0.5, 0.6) is 0 Å². The maximum absolute atomic E-state index is 4.77. The fourth-order valence-corrected chi connectivity index (χ4v) is 4.19. The molecule has 1 unspecified atom stereocenters. The molecule has 1 aromatic rings. The van der Waals surface area contributed by atoms with E-state index in [1.165, 1.54) is 29.7 Å². The van der Waals surface area contributed by atoms with E-state index in [0.717, 1.165) is 25.6 Å². The van der Waals surface area contributed by atoms with E-state index in [9.17, 15) is 0 Å². The number of hydrogen-bond donors (Lipinski definition) is 2. The van der Waals surface area contributed by atoms with E-state index >= 15 is 0 Å². The molecule has 1 saturated heterocycles. The van der Waals surface area contributed by atoms with Gasteiger partial charge in [0.1, 0.15) is 0 Å². The summed E-state index contributed by atoms with van der Waals surface area (Å²) < 4.78 is 0.349. The third-order valence-electron chi connectivity index (χ3n) is 4.18. The molecule has 134 valence electrons. The van der Waals surface area contributed by atoms with E-state index in [2.05, 4.69) is 79.5 Å². The minimum absolute atomic E-state index is 0.349. The Labute approximate surface area is 151 Å². The van der Waals surface area contributed by atoms with E-state index in [1.54, 1.807) is 0 Å². The van der Waals surface area contributed by atoms with E-state index < -0.39 is 0 Å². The molecule has 0 amide bonds. The van der Waals surface area contributed by atoms with Crippen molar-refractivity contribution >= 4 is 17.7 Å². The van der Waals surface area contributed by atoms with Crippen molar-refractivity contribution in [1.82, 2.24) is 15.5 Å². The van der Waals surface area contributed by atoms with Gasteiger partial charge in [0.15, 0.2) is 5.96 Å². The van der Waals surface area contributed by atoms with Crippen LogP contribution in [0, 0.1) is 0 Å². The maximum atomic E-state index is 4.77. The number of thioether (sulfide) groups is 1. The lowest BCUT2D eigenvalue weighted by Gasteiger charge is -2.24. The molecule has 5 heteroatoms. The summed E-state index contributed by atoms with van der Waals surface area (Å²) in [5.41, 5.74) is 2.59. The lowest BCUT2D eigenvalue weighted by molar-refractivity contribution is 0.402. The standard InChI is InChI=1S/C19H32N4S/c1-5-20-18(22-15-19(2)10-7-11-24-19)21-13-16-8-6-9-17(12-16)14-23(3)4/h6,8-9,12H,5,7,10-11,13-15H2,1-4H3,(H2,20,21,22). The van der Waals surface area contributed by atoms with Crippen molar-refractivity contribution in [2.75, 3.05) is 32.9 Å². The molecule has 24 heavy (non-hydrogen) atoms. The maximum Gasteiger partial charge on any atom is 0.191 e. The summed E-state index contributed by atoms with van der Waals surface area (Å²) in [7, 11) is 4.19. The van der Waals surface area contributed by atoms with Crippen molar-refractivity contribution < 1.29 is 0 Å². The highest BCUT2D eigenvalue weighted by atomic mass is 32.2. The first-order chi connectivity index (χ1) is 11.5. The van der Waals surface area contributed by atoms with Crippen molar-refractivity contribution in [3.8, 4) is 0 Å². The molecule has 0 aliphatic carbocycles. The summed E-state index contributed by atoms with van der Waals surface area (Å²) in [5.74, 6) is 2.20. The Hall–Kier alpha value is -1.20. The second-order valence-electron chi connectivity index (χ2n) is 7.01. The smallest absolute Gasteiger partial charge is 0.191 e. The zero-order valence-corrected chi connectivity index (χ0v) is 16.4. The van der Waals surface area contributed by atoms with Crippen LogP contribution in [-0.4, -0.2) is 48.5 Å². The number of hydrogen-bond acceptors (Lipinski definition) is 3. The van der Waals surface area contributed by atoms with Gasteiger partial charge in [0, 0.05) is 24.4 Å². The SMILES string of the molecule is CCNC(=NCc1cccc(CN(C)C)c1)NCC1(C)CCCS1. The normalized spacial score (nSPS) is 21.3. The van der Waals surface area contributed by atoms with Crippen LogP contribution in [0.3, 0.4) is 0 Å². The summed E-state index contributed by atoms with van der Waals surface area (Å²) in [6.45, 7) is 8.00. The van der Waals surface area contributed by atoms with E-state index in [1.807, 2.05) is 0 Å². The Morgan fingerprint density at radius 2 is 2.08 bits per heavy atom. The highest BCUT2D eigenvalue weighted by Gasteiger charge is 2.29. The van der Waals surface area contributed by atoms with Crippen LogP contribution in [0.25, 0.3) is 0 Å². The van der Waals surface area contributed by atoms with Crippen LogP contribution in [0.15, 0.2) is 29.3 Å². The van der Waals surface area contributed by atoms with E-state index in [0.29, 0.717) is 11.3 Å². The molecule has 0 radical (unpaired) electrons. The van der Waals surface area contributed by atoms with Gasteiger partial charge in [-0.25, -0.2) is 4.99 Å². The van der Waals surface area contributed by atoms with Crippen molar-refractivity contribution in [3.63, 3.8) is 0 Å². The number of nitrogens with zero attached hydrogens (tertiary/aromatic N) is 2. The van der Waals surface area contributed by atoms with Crippen LogP contribution >= 0.6 is 11.8 Å². The van der Waals surface area contributed by atoms with Gasteiger partial charge in [-0.1, -0.05) is 24.3 Å². The quantitative estimate of drug-likeness (QED) is 0.587. The first-order valence-electron chi connectivity index (χ1n) is 8.89. The summed E-state index contributed by atoms with van der Waals surface area (Å²) in [6, 6.07) is 8.70. The van der Waals surface area contributed by atoms with E-state index in [-0.39, 0.29) is 0 Å². The molecule has 1 atom stereocenters. The average molecular weight is 349 g/mol. The molecule has 1 aromatic carbocycles. The van der Waals surface area contributed by atoms with Gasteiger partial charge in [-0.05, 0) is 57.7 Å². The van der Waals surface area contributed by atoms with E-state index in [4.69, 9.17) is 4.99 Å². The summed E-state index contributed by atoms with van der Waals surface area (Å²) in [6.07, 6.45) is 2.62. The van der Waals surface area contributed by atoms with Crippen LogP contribution in [0.1, 0.15) is 37.8 Å². The fourth-order valence-electron chi connectivity index (χ4n) is 2.95. The minimum Gasteiger partial charge on any atom is -0.357 e. The van der Waals surface area contributed by atoms with Crippen LogP contribution in [-0.2, 0) is 13.1 Å². The third-order valence-corrected chi connectivity index (χ3v) is 5.72. The molecule has 1 aliphatic rings. The van der Waals surface area contributed by atoms with Gasteiger partial charge in [0.2, 0.25) is 0 Å². The number of guanidine groups is 1. The van der Waals surface area contributed by atoms with Crippen LogP contribution in [0.2, 0.25) is 0 Å². The highest BCUT2D eigenvalue weighted by Crippen LogP contribution is 2.36. The molecule has 0 spiro atoms. The largest absolute Gasteiger partial charge is 0.357 e. The lowest BCUT2D eigenvalue weighted by atomic mass is 10.1. The van der Waals surface area contributed by atoms with Crippen molar-refractivity contribution in [2.24, 2.45) is 4.99 Å². The molecular formula is C19H32N4S. The van der Waals surface area contributed by atoms with Gasteiger partial charge in [-0.15, -0.1) is 0 Å². The van der Waals surface area contributed by atoms with Crippen molar-refractivity contribution in [3.05, 3.63) is 35.4 Å². The van der Waals surface area contributed by atoms with Gasteiger partial charge in [-0.3, -0.25) is 0 Å². The number of benzene rings is 1. The molecule has 0 aromatic heterocycles. The molecular weight excluding hydrogens is 316 g/mol. The summed E-state index contributed by atoms with van der Waals surface area (Å²) in [5, 5.41) is 6.89. The fraction of sp³-hybridized carbons (Fsp3) is 0.632. The summed E-state index contributed by atoms with van der Waals surface area (Å²) >= 11 is 2.08. The van der Waals surface area contributed by atoms with Crippen molar-refractivity contribution in [2.45, 2.75) is 44.5 Å². The molecule has 0 bridgehead atoms. The topological polar surface area (TPSA) is 39.7 Å². The second kappa shape index (κ2) is 9.33. The zero-order chi connectivity index (χ0) is 17.4. The number of nitrogens with one attached hydrogen (secondary N) is 2. The van der Waals surface area contributed by atoms with Gasteiger partial charge in [0.25, 0.3) is 0 Å². The average Bonchev–Trinajstić information content (AvgIpc) is 2.97. The Morgan fingerprint density at radius 3 is 2.75 bits per heavy atom. The van der Waals surface area contributed by atoms with Crippen LogP contribution < -0.4 is 10.6 Å². The first kappa shape index (κ1) is 19.1. The molecule has 2 rings (SSSR count). The first-order valence-corrected chi connectivity index (χ1v) is 9.88. The summed E-state index contributed by atoms with van der Waals surface area (Å²) in [4.78, 5) is 6.96. The van der Waals surface area contributed by atoms with Gasteiger partial charge < -0.3 is 15.5 Å². The highest BCUT2D eigenvalue weighted by molar-refractivity contribution is 8.00. The predicted molar refractivity (Wildman–Crippen MR) is 107 cm³/mol. The number of aliphatic imine (C=N–C) groups is 1. The molecule has 2 N–H and O–H groups in total. The van der Waals surface area contributed by atoms with Crippen LogP contribution in [0.4, 0.5) is 0 Å². The third kappa shape index (κ3) is 6.36. The Morgan fingerprint density at radius 1 is 1.29 bits per heavy atom. The Balaban J connectivity index is 1.94. The monoisotopic (exact) mass is 348 g/mol. The van der Waals surface area contributed by atoms with Gasteiger partial charge >= 0.3 is 0 Å². The minimum atomic E-state index is 0.349. The van der Waals surface area contributed by atoms with Gasteiger partial charge in [-0.2, -0.15) is 11.8 Å².